The zero-order valence-corrected chi connectivity index (χ0v) is 9.45. The number of nitrogens with one attached hydrogen (secondary N) is 2. The van der Waals surface area contributed by atoms with Crippen LogP contribution in [0.15, 0.2) is 24.5 Å². The molecule has 0 saturated carbocycles. The number of carbonyl (C=O) groups is 1. The molecule has 0 spiro atoms. The molecule has 0 bridgehead atoms. The summed E-state index contributed by atoms with van der Waals surface area (Å²) >= 11 is 0. The summed E-state index contributed by atoms with van der Waals surface area (Å²) < 4.78 is 25.8. The van der Waals surface area contributed by atoms with E-state index in [0.717, 1.165) is 12.1 Å². The van der Waals surface area contributed by atoms with E-state index in [1.54, 1.807) is 6.92 Å². The van der Waals surface area contributed by atoms with E-state index in [2.05, 4.69) is 20.5 Å². The maximum atomic E-state index is 13.0. The van der Waals surface area contributed by atoms with E-state index in [1.807, 2.05) is 0 Å². The largest absolute Gasteiger partial charge is 0.343 e. The molecule has 1 heterocycles. The molecule has 7 heteroatoms. The molecule has 1 atom stereocenters. The first-order valence-electron chi connectivity index (χ1n) is 5.19. The summed E-state index contributed by atoms with van der Waals surface area (Å²) in [7, 11) is 0. The SMILES string of the molecule is CC(NC(=O)c1ncn[nH]1)c1ccc(F)c(F)c1. The molecule has 0 radical (unpaired) electrons. The highest BCUT2D eigenvalue weighted by Crippen LogP contribution is 2.16. The molecule has 1 unspecified atom stereocenters. The van der Waals surface area contributed by atoms with E-state index >= 15 is 0 Å². The number of nitrogens with zero attached hydrogens (tertiary/aromatic N) is 2. The molecule has 0 aliphatic heterocycles. The fourth-order valence-electron chi connectivity index (χ4n) is 1.44. The Kier molecular flexibility index (Phi) is 3.31. The summed E-state index contributed by atoms with van der Waals surface area (Å²) in [5, 5.41) is 8.53. The second-order valence-corrected chi connectivity index (χ2v) is 3.70. The van der Waals surface area contributed by atoms with Gasteiger partial charge in [0.2, 0.25) is 5.82 Å². The predicted molar refractivity (Wildman–Crippen MR) is 58.6 cm³/mol. The molecule has 5 nitrogen and oxygen atoms in total. The Hall–Kier alpha value is -2.31. The van der Waals surface area contributed by atoms with E-state index < -0.39 is 23.6 Å². The second kappa shape index (κ2) is 4.91. The molecule has 18 heavy (non-hydrogen) atoms. The van der Waals surface area contributed by atoms with Crippen molar-refractivity contribution in [1.29, 1.82) is 0 Å². The lowest BCUT2D eigenvalue weighted by Gasteiger charge is -2.13. The Labute approximate surface area is 101 Å². The van der Waals surface area contributed by atoms with E-state index in [-0.39, 0.29) is 5.82 Å². The van der Waals surface area contributed by atoms with Crippen molar-refractivity contribution in [3.8, 4) is 0 Å². The number of rotatable bonds is 3. The average molecular weight is 252 g/mol. The number of hydrogen-bond donors (Lipinski definition) is 2. The lowest BCUT2D eigenvalue weighted by Crippen LogP contribution is -2.27. The predicted octanol–water partition coefficient (Wildman–Crippen LogP) is 1.57. The van der Waals surface area contributed by atoms with Crippen molar-refractivity contribution in [3.05, 3.63) is 47.5 Å². The van der Waals surface area contributed by atoms with Crippen molar-refractivity contribution < 1.29 is 13.6 Å². The van der Waals surface area contributed by atoms with Crippen LogP contribution in [0.5, 0.6) is 0 Å². The third kappa shape index (κ3) is 2.50. The summed E-state index contributed by atoms with van der Waals surface area (Å²) in [6.45, 7) is 1.65. The third-order valence-corrected chi connectivity index (χ3v) is 2.42. The number of aromatic nitrogens is 3. The topological polar surface area (TPSA) is 70.7 Å². The highest BCUT2D eigenvalue weighted by Gasteiger charge is 2.14. The fraction of sp³-hybridized carbons (Fsp3) is 0.182. The number of aromatic amines is 1. The van der Waals surface area contributed by atoms with Crippen LogP contribution in [0, 0.1) is 11.6 Å². The monoisotopic (exact) mass is 252 g/mol. The Morgan fingerprint density at radius 3 is 2.78 bits per heavy atom. The number of carbonyl (C=O) groups excluding carboxylic acids is 1. The first kappa shape index (κ1) is 12.2. The van der Waals surface area contributed by atoms with Crippen LogP contribution in [0.25, 0.3) is 0 Å². The normalized spacial score (nSPS) is 12.2. The van der Waals surface area contributed by atoms with E-state index in [1.165, 1.54) is 12.4 Å². The van der Waals surface area contributed by atoms with Gasteiger partial charge < -0.3 is 5.32 Å². The van der Waals surface area contributed by atoms with Crippen molar-refractivity contribution in [3.63, 3.8) is 0 Å². The number of hydrogen-bond acceptors (Lipinski definition) is 3. The van der Waals surface area contributed by atoms with Crippen molar-refractivity contribution in [2.45, 2.75) is 13.0 Å². The van der Waals surface area contributed by atoms with Crippen LogP contribution in [0.2, 0.25) is 0 Å². The van der Waals surface area contributed by atoms with Gasteiger partial charge in [0.25, 0.3) is 5.91 Å². The highest BCUT2D eigenvalue weighted by molar-refractivity contribution is 5.90. The van der Waals surface area contributed by atoms with Gasteiger partial charge in [-0.25, -0.2) is 13.8 Å². The molecule has 2 rings (SSSR count). The van der Waals surface area contributed by atoms with Gasteiger partial charge in [-0.15, -0.1) is 0 Å². The molecule has 2 N–H and O–H groups in total. The molecule has 0 fully saturated rings. The van der Waals surface area contributed by atoms with E-state index in [0.29, 0.717) is 5.56 Å². The quantitative estimate of drug-likeness (QED) is 0.871. The lowest BCUT2D eigenvalue weighted by atomic mass is 10.1. The Morgan fingerprint density at radius 2 is 2.17 bits per heavy atom. The lowest BCUT2D eigenvalue weighted by molar-refractivity contribution is 0.0929. The molecular weight excluding hydrogens is 242 g/mol. The van der Waals surface area contributed by atoms with E-state index in [9.17, 15) is 13.6 Å². The van der Waals surface area contributed by atoms with Crippen molar-refractivity contribution in [2.75, 3.05) is 0 Å². The molecule has 2 aromatic rings. The van der Waals surface area contributed by atoms with Gasteiger partial charge in [-0.3, -0.25) is 9.89 Å². The van der Waals surface area contributed by atoms with Crippen LogP contribution in [-0.4, -0.2) is 21.1 Å². The fourth-order valence-corrected chi connectivity index (χ4v) is 1.44. The summed E-state index contributed by atoms with van der Waals surface area (Å²) in [4.78, 5) is 15.3. The maximum absolute atomic E-state index is 13.0. The molecule has 0 aliphatic rings. The molecule has 94 valence electrons. The zero-order valence-electron chi connectivity index (χ0n) is 9.45. The van der Waals surface area contributed by atoms with Crippen LogP contribution >= 0.6 is 0 Å². The molecule has 1 aromatic carbocycles. The van der Waals surface area contributed by atoms with Crippen molar-refractivity contribution in [2.24, 2.45) is 0 Å². The number of benzene rings is 1. The summed E-state index contributed by atoms with van der Waals surface area (Å²) in [6.07, 6.45) is 1.21. The van der Waals surface area contributed by atoms with Crippen LogP contribution in [-0.2, 0) is 0 Å². The minimum Gasteiger partial charge on any atom is -0.343 e. The number of halogens is 2. The molecule has 0 saturated heterocycles. The van der Waals surface area contributed by atoms with Gasteiger partial charge in [0.1, 0.15) is 6.33 Å². The van der Waals surface area contributed by atoms with Gasteiger partial charge in [-0.2, -0.15) is 5.10 Å². The third-order valence-electron chi connectivity index (χ3n) is 2.42. The van der Waals surface area contributed by atoms with Crippen LogP contribution in [0.1, 0.15) is 29.1 Å². The summed E-state index contributed by atoms with van der Waals surface area (Å²) in [5.74, 6) is -2.28. The van der Waals surface area contributed by atoms with Crippen molar-refractivity contribution in [1.82, 2.24) is 20.5 Å². The minimum atomic E-state index is -0.951. The van der Waals surface area contributed by atoms with Gasteiger partial charge in [0, 0.05) is 0 Å². The van der Waals surface area contributed by atoms with Crippen LogP contribution in [0.4, 0.5) is 8.78 Å². The Morgan fingerprint density at radius 1 is 1.39 bits per heavy atom. The minimum absolute atomic E-state index is 0.0597. The molecular formula is C11H10F2N4O. The summed E-state index contributed by atoms with van der Waals surface area (Å²) in [6, 6.07) is 2.99. The van der Waals surface area contributed by atoms with Gasteiger partial charge in [-0.05, 0) is 24.6 Å². The van der Waals surface area contributed by atoms with Gasteiger partial charge in [0.05, 0.1) is 6.04 Å². The molecule has 0 aliphatic carbocycles. The highest BCUT2D eigenvalue weighted by atomic mass is 19.2. The van der Waals surface area contributed by atoms with Crippen LogP contribution < -0.4 is 5.32 Å². The molecule has 1 aromatic heterocycles. The molecule has 1 amide bonds. The van der Waals surface area contributed by atoms with Gasteiger partial charge >= 0.3 is 0 Å². The number of H-pyrrole nitrogens is 1. The van der Waals surface area contributed by atoms with E-state index in [4.69, 9.17) is 0 Å². The first-order chi connectivity index (χ1) is 8.58. The maximum Gasteiger partial charge on any atom is 0.289 e. The number of amides is 1. The summed E-state index contributed by atoms with van der Waals surface area (Å²) in [5.41, 5.74) is 0.460. The Balaban J connectivity index is 2.10. The standard InChI is InChI=1S/C11H10F2N4O/c1-6(7-2-3-8(12)9(13)4-7)16-11(18)10-14-5-15-17-10/h2-6H,1H3,(H,16,18)(H,14,15,17). The zero-order chi connectivity index (χ0) is 13.1. The smallest absolute Gasteiger partial charge is 0.289 e. The van der Waals surface area contributed by atoms with Crippen molar-refractivity contribution >= 4 is 5.91 Å². The average Bonchev–Trinajstić information content (AvgIpc) is 2.86. The Bertz CT molecular complexity index is 556. The van der Waals surface area contributed by atoms with Gasteiger partial charge in [0.15, 0.2) is 11.6 Å². The van der Waals surface area contributed by atoms with Crippen LogP contribution in [0.3, 0.4) is 0 Å². The van der Waals surface area contributed by atoms with Gasteiger partial charge in [-0.1, -0.05) is 6.07 Å². The second-order valence-electron chi connectivity index (χ2n) is 3.70. The first-order valence-corrected chi connectivity index (χ1v) is 5.19.